The molecule has 0 spiro atoms. The molecule has 0 atom stereocenters. The molecule has 134 valence electrons. The third-order valence-electron chi connectivity index (χ3n) is 4.08. The normalized spacial score (nSPS) is 14.0. The van der Waals surface area contributed by atoms with E-state index < -0.39 is 0 Å². The summed E-state index contributed by atoms with van der Waals surface area (Å²) in [6.07, 6.45) is 4.03. The number of aromatic nitrogens is 3. The lowest BCUT2D eigenvalue weighted by Crippen LogP contribution is -1.99. The Balaban J connectivity index is 1.52. The molecule has 0 bridgehead atoms. The molecule has 0 saturated heterocycles. The van der Waals surface area contributed by atoms with Crippen molar-refractivity contribution in [2.24, 2.45) is 5.10 Å². The van der Waals surface area contributed by atoms with E-state index in [2.05, 4.69) is 15.3 Å². The zero-order valence-electron chi connectivity index (χ0n) is 14.2. The van der Waals surface area contributed by atoms with Crippen LogP contribution < -0.4 is 9.47 Å². The summed E-state index contributed by atoms with van der Waals surface area (Å²) in [5.74, 6) is 2.73. The lowest BCUT2D eigenvalue weighted by atomic mass is 10.2. The van der Waals surface area contributed by atoms with Gasteiger partial charge in [0.2, 0.25) is 4.77 Å². The Hall–Kier alpha value is -2.45. The van der Waals surface area contributed by atoms with E-state index in [0.717, 1.165) is 24.2 Å². The molecule has 6 nitrogen and oxygen atoms in total. The van der Waals surface area contributed by atoms with E-state index in [1.54, 1.807) is 29.3 Å². The summed E-state index contributed by atoms with van der Waals surface area (Å²) in [6, 6.07) is 9.79. The molecule has 1 fully saturated rings. The van der Waals surface area contributed by atoms with Gasteiger partial charge in [0, 0.05) is 10.8 Å². The number of aromatic amines is 1. The summed E-state index contributed by atoms with van der Waals surface area (Å²) in [4.78, 5) is 1.17. The Morgan fingerprint density at radius 2 is 2.27 bits per heavy atom. The monoisotopic (exact) mass is 386 g/mol. The minimum Gasteiger partial charge on any atom is -0.493 e. The van der Waals surface area contributed by atoms with E-state index in [9.17, 15) is 0 Å². The molecule has 1 aliphatic carbocycles. The van der Waals surface area contributed by atoms with Gasteiger partial charge in [0.25, 0.3) is 0 Å². The van der Waals surface area contributed by atoms with Crippen LogP contribution in [0.5, 0.6) is 11.5 Å². The summed E-state index contributed by atoms with van der Waals surface area (Å²) in [7, 11) is 1.63. The predicted molar refractivity (Wildman–Crippen MR) is 104 cm³/mol. The van der Waals surface area contributed by atoms with E-state index in [0.29, 0.717) is 28.8 Å². The van der Waals surface area contributed by atoms with Gasteiger partial charge in [-0.2, -0.15) is 14.9 Å². The summed E-state index contributed by atoms with van der Waals surface area (Å²) in [5.41, 5.74) is 0.898. The van der Waals surface area contributed by atoms with Crippen LogP contribution in [0.2, 0.25) is 0 Å². The Kier molecular flexibility index (Phi) is 4.85. The number of rotatable bonds is 7. The van der Waals surface area contributed by atoms with Gasteiger partial charge in [-0.05, 0) is 60.3 Å². The smallest absolute Gasteiger partial charge is 0.216 e. The molecular formula is C18H18N4O2S2. The third kappa shape index (κ3) is 3.71. The van der Waals surface area contributed by atoms with Crippen molar-refractivity contribution in [3.63, 3.8) is 0 Å². The maximum Gasteiger partial charge on any atom is 0.216 e. The highest BCUT2D eigenvalue weighted by Crippen LogP contribution is 2.38. The van der Waals surface area contributed by atoms with Crippen molar-refractivity contribution in [1.29, 1.82) is 0 Å². The average Bonchev–Trinajstić information content (AvgIpc) is 3.24. The molecule has 4 rings (SSSR count). The first-order chi connectivity index (χ1) is 12.7. The average molecular weight is 387 g/mol. The van der Waals surface area contributed by atoms with E-state index in [1.807, 2.05) is 35.7 Å². The van der Waals surface area contributed by atoms with E-state index in [4.69, 9.17) is 21.7 Å². The van der Waals surface area contributed by atoms with Gasteiger partial charge in [-0.3, -0.25) is 5.10 Å². The molecule has 0 radical (unpaired) electrons. The maximum atomic E-state index is 5.86. The van der Waals surface area contributed by atoms with Crippen molar-refractivity contribution >= 4 is 29.8 Å². The van der Waals surface area contributed by atoms with Gasteiger partial charge in [-0.1, -0.05) is 6.07 Å². The first kappa shape index (κ1) is 17.0. The minimum absolute atomic E-state index is 0.461. The number of nitrogens with one attached hydrogen (secondary N) is 1. The zero-order valence-corrected chi connectivity index (χ0v) is 15.8. The number of methoxy groups -OCH3 is 1. The Labute approximate surface area is 160 Å². The Morgan fingerprint density at radius 1 is 1.38 bits per heavy atom. The van der Waals surface area contributed by atoms with Crippen molar-refractivity contribution in [2.45, 2.75) is 25.4 Å². The first-order valence-electron chi connectivity index (χ1n) is 8.29. The van der Waals surface area contributed by atoms with E-state index in [1.165, 1.54) is 4.88 Å². The summed E-state index contributed by atoms with van der Waals surface area (Å²) in [6.45, 7) is 0.524. The van der Waals surface area contributed by atoms with E-state index >= 15 is 0 Å². The topological polar surface area (TPSA) is 64.4 Å². The van der Waals surface area contributed by atoms with Gasteiger partial charge in [0.1, 0.15) is 6.61 Å². The SMILES string of the molecule is COc1cc(/C=N\n2c(C3CC3)n[nH]c2=S)ccc1OCc1cccs1. The predicted octanol–water partition coefficient (Wildman–Crippen LogP) is 4.35. The summed E-state index contributed by atoms with van der Waals surface area (Å²) < 4.78 is 13.5. The number of thiophene rings is 1. The molecule has 3 aromatic rings. The van der Waals surface area contributed by atoms with Crippen molar-refractivity contribution in [3.8, 4) is 11.5 Å². The Bertz CT molecular complexity index is 971. The van der Waals surface area contributed by atoms with Gasteiger partial charge in [0.05, 0.1) is 13.3 Å². The molecule has 1 saturated carbocycles. The fourth-order valence-corrected chi connectivity index (χ4v) is 3.38. The van der Waals surface area contributed by atoms with Crippen LogP contribution >= 0.6 is 23.6 Å². The standard InChI is InChI=1S/C18H18N4O2S2/c1-23-16-9-12(4-7-15(16)24-11-14-3-2-8-26-14)10-19-22-17(13-5-6-13)20-21-18(22)25/h2-4,7-10,13H,5-6,11H2,1H3,(H,21,25)/b19-10-. The van der Waals surface area contributed by atoms with Crippen LogP contribution in [-0.4, -0.2) is 28.2 Å². The zero-order chi connectivity index (χ0) is 17.9. The molecule has 8 heteroatoms. The second-order valence-electron chi connectivity index (χ2n) is 6.00. The number of hydrogen-bond donors (Lipinski definition) is 1. The lowest BCUT2D eigenvalue weighted by molar-refractivity contribution is 0.287. The van der Waals surface area contributed by atoms with Crippen LogP contribution in [-0.2, 0) is 6.61 Å². The molecular weight excluding hydrogens is 368 g/mol. The van der Waals surface area contributed by atoms with Gasteiger partial charge >= 0.3 is 0 Å². The molecule has 1 N–H and O–H groups in total. The van der Waals surface area contributed by atoms with Crippen molar-refractivity contribution < 1.29 is 9.47 Å². The van der Waals surface area contributed by atoms with Gasteiger partial charge in [-0.15, -0.1) is 11.3 Å². The molecule has 0 unspecified atom stereocenters. The number of benzene rings is 1. The Morgan fingerprint density at radius 3 is 3.00 bits per heavy atom. The second kappa shape index (κ2) is 7.43. The van der Waals surface area contributed by atoms with Gasteiger partial charge < -0.3 is 9.47 Å². The molecule has 1 aliphatic rings. The summed E-state index contributed by atoms with van der Waals surface area (Å²) >= 11 is 6.93. The van der Waals surface area contributed by atoms with Crippen molar-refractivity contribution in [1.82, 2.24) is 14.9 Å². The van der Waals surface area contributed by atoms with Gasteiger partial charge in [0.15, 0.2) is 17.3 Å². The summed E-state index contributed by atoms with van der Waals surface area (Å²) in [5, 5.41) is 13.6. The number of H-pyrrole nitrogens is 1. The number of hydrogen-bond acceptors (Lipinski definition) is 6. The van der Waals surface area contributed by atoms with E-state index in [-0.39, 0.29) is 0 Å². The fourth-order valence-electron chi connectivity index (χ4n) is 2.57. The highest BCUT2D eigenvalue weighted by atomic mass is 32.1. The maximum absolute atomic E-state index is 5.86. The molecule has 26 heavy (non-hydrogen) atoms. The molecule has 2 aromatic heterocycles. The van der Waals surface area contributed by atoms with Crippen LogP contribution in [0.25, 0.3) is 0 Å². The number of ether oxygens (including phenoxy) is 2. The van der Waals surface area contributed by atoms with Crippen LogP contribution in [0, 0.1) is 4.77 Å². The molecule has 0 amide bonds. The largest absolute Gasteiger partial charge is 0.493 e. The van der Waals surface area contributed by atoms with Gasteiger partial charge in [-0.25, -0.2) is 0 Å². The van der Waals surface area contributed by atoms with Crippen LogP contribution in [0.15, 0.2) is 40.8 Å². The molecule has 1 aromatic carbocycles. The highest BCUT2D eigenvalue weighted by Gasteiger charge is 2.29. The van der Waals surface area contributed by atoms with Crippen LogP contribution in [0.3, 0.4) is 0 Å². The fraction of sp³-hybridized carbons (Fsp3) is 0.278. The third-order valence-corrected chi connectivity index (χ3v) is 5.19. The van der Waals surface area contributed by atoms with Crippen LogP contribution in [0.1, 0.15) is 35.0 Å². The number of nitrogens with zero attached hydrogens (tertiary/aromatic N) is 3. The van der Waals surface area contributed by atoms with Crippen LogP contribution in [0.4, 0.5) is 0 Å². The molecule has 0 aliphatic heterocycles. The minimum atomic E-state index is 0.461. The van der Waals surface area contributed by atoms with Crippen molar-refractivity contribution in [3.05, 3.63) is 56.7 Å². The quantitative estimate of drug-likeness (QED) is 0.484. The first-order valence-corrected chi connectivity index (χ1v) is 9.58. The second-order valence-corrected chi connectivity index (χ2v) is 7.41. The lowest BCUT2D eigenvalue weighted by Gasteiger charge is -2.10. The van der Waals surface area contributed by atoms with Crippen molar-refractivity contribution in [2.75, 3.05) is 7.11 Å². The highest BCUT2D eigenvalue weighted by molar-refractivity contribution is 7.71. The molecule has 2 heterocycles.